The maximum absolute atomic E-state index is 9.04. The summed E-state index contributed by atoms with van der Waals surface area (Å²) < 4.78 is 5.37. The summed E-state index contributed by atoms with van der Waals surface area (Å²) >= 11 is 0. The Bertz CT molecular complexity index is 350. The van der Waals surface area contributed by atoms with E-state index in [1.807, 2.05) is 13.1 Å². The van der Waals surface area contributed by atoms with Crippen molar-refractivity contribution in [2.45, 2.75) is 32.2 Å². The highest BCUT2D eigenvalue weighted by Crippen LogP contribution is 2.30. The zero-order valence-corrected chi connectivity index (χ0v) is 11.2. The standard InChI is InChI=1S/C14H23NO2/c1-10(2)12-9-11(5-6-14(12)17-4)13(15-3)7-8-16/h5-6,9-10,13,15-16H,7-8H2,1-4H3. The molecular formula is C14H23NO2. The van der Waals surface area contributed by atoms with Crippen LogP contribution in [0.25, 0.3) is 0 Å². The van der Waals surface area contributed by atoms with E-state index < -0.39 is 0 Å². The minimum absolute atomic E-state index is 0.189. The van der Waals surface area contributed by atoms with Gasteiger partial charge in [-0.05, 0) is 36.6 Å². The van der Waals surface area contributed by atoms with E-state index in [0.29, 0.717) is 5.92 Å². The van der Waals surface area contributed by atoms with Gasteiger partial charge in [-0.25, -0.2) is 0 Å². The molecule has 3 nitrogen and oxygen atoms in total. The predicted molar refractivity (Wildman–Crippen MR) is 70.6 cm³/mol. The largest absolute Gasteiger partial charge is 0.496 e. The number of ether oxygens (including phenoxy) is 1. The van der Waals surface area contributed by atoms with Crippen LogP contribution >= 0.6 is 0 Å². The molecule has 0 aliphatic heterocycles. The summed E-state index contributed by atoms with van der Waals surface area (Å²) in [6, 6.07) is 6.43. The van der Waals surface area contributed by atoms with E-state index in [-0.39, 0.29) is 12.6 Å². The van der Waals surface area contributed by atoms with Gasteiger partial charge in [-0.3, -0.25) is 0 Å². The van der Waals surface area contributed by atoms with Crippen molar-refractivity contribution in [2.24, 2.45) is 0 Å². The quantitative estimate of drug-likeness (QED) is 0.798. The van der Waals surface area contributed by atoms with Gasteiger partial charge in [-0.2, -0.15) is 0 Å². The molecule has 0 amide bonds. The summed E-state index contributed by atoms with van der Waals surface area (Å²) in [7, 11) is 3.61. The van der Waals surface area contributed by atoms with Gasteiger partial charge in [0.1, 0.15) is 5.75 Å². The summed E-state index contributed by atoms with van der Waals surface area (Å²) in [5.41, 5.74) is 2.41. The third-order valence-corrected chi connectivity index (χ3v) is 3.04. The second-order valence-electron chi connectivity index (χ2n) is 4.51. The molecule has 0 heterocycles. The van der Waals surface area contributed by atoms with Crippen molar-refractivity contribution < 1.29 is 9.84 Å². The topological polar surface area (TPSA) is 41.5 Å². The molecule has 0 aromatic heterocycles. The van der Waals surface area contributed by atoms with Crippen molar-refractivity contribution in [3.8, 4) is 5.75 Å². The van der Waals surface area contributed by atoms with Gasteiger partial charge in [0.2, 0.25) is 0 Å². The van der Waals surface area contributed by atoms with Crippen molar-refractivity contribution in [2.75, 3.05) is 20.8 Å². The molecule has 1 rings (SSSR count). The van der Waals surface area contributed by atoms with Crippen LogP contribution in [0.4, 0.5) is 0 Å². The SMILES string of the molecule is CNC(CCO)c1ccc(OC)c(C(C)C)c1. The number of aliphatic hydroxyl groups excluding tert-OH is 1. The summed E-state index contributed by atoms with van der Waals surface area (Å²) in [4.78, 5) is 0. The van der Waals surface area contributed by atoms with Crippen molar-refractivity contribution in [3.05, 3.63) is 29.3 Å². The molecule has 2 N–H and O–H groups in total. The second kappa shape index (κ2) is 6.62. The first-order chi connectivity index (χ1) is 8.13. The third kappa shape index (κ3) is 3.45. The van der Waals surface area contributed by atoms with Crippen LogP contribution in [0.1, 0.15) is 43.4 Å². The Morgan fingerprint density at radius 3 is 2.53 bits per heavy atom. The normalized spacial score (nSPS) is 12.8. The molecule has 0 aliphatic carbocycles. The Kier molecular flexibility index (Phi) is 5.45. The molecule has 0 radical (unpaired) electrons. The maximum Gasteiger partial charge on any atom is 0.122 e. The van der Waals surface area contributed by atoms with E-state index in [4.69, 9.17) is 9.84 Å². The maximum atomic E-state index is 9.04. The van der Waals surface area contributed by atoms with Gasteiger partial charge in [0.25, 0.3) is 0 Å². The molecule has 1 aromatic rings. The molecule has 0 bridgehead atoms. The van der Waals surface area contributed by atoms with Gasteiger partial charge in [0.15, 0.2) is 0 Å². The minimum atomic E-state index is 0.189. The summed E-state index contributed by atoms with van der Waals surface area (Å²) in [6.45, 7) is 4.50. The smallest absolute Gasteiger partial charge is 0.122 e. The molecule has 17 heavy (non-hydrogen) atoms. The van der Waals surface area contributed by atoms with Crippen LogP contribution in [0.15, 0.2) is 18.2 Å². The van der Waals surface area contributed by atoms with E-state index in [0.717, 1.165) is 12.2 Å². The van der Waals surface area contributed by atoms with Gasteiger partial charge in [-0.15, -0.1) is 0 Å². The number of benzene rings is 1. The molecule has 0 saturated carbocycles. The highest BCUT2D eigenvalue weighted by molar-refractivity contribution is 5.40. The Labute approximate surface area is 104 Å². The lowest BCUT2D eigenvalue weighted by molar-refractivity contribution is 0.268. The van der Waals surface area contributed by atoms with Gasteiger partial charge >= 0.3 is 0 Å². The number of hydrogen-bond donors (Lipinski definition) is 2. The van der Waals surface area contributed by atoms with Crippen LogP contribution in [0.5, 0.6) is 5.75 Å². The molecule has 3 heteroatoms. The summed E-state index contributed by atoms with van der Waals surface area (Å²) in [6.07, 6.45) is 0.723. The number of aliphatic hydroxyl groups is 1. The van der Waals surface area contributed by atoms with E-state index in [1.165, 1.54) is 11.1 Å². The van der Waals surface area contributed by atoms with Crippen LogP contribution in [0.3, 0.4) is 0 Å². The first kappa shape index (κ1) is 14.0. The number of rotatable bonds is 6. The van der Waals surface area contributed by atoms with E-state index in [1.54, 1.807) is 7.11 Å². The van der Waals surface area contributed by atoms with Crippen molar-refractivity contribution in [1.82, 2.24) is 5.32 Å². The monoisotopic (exact) mass is 237 g/mol. The Balaban J connectivity index is 3.05. The lowest BCUT2D eigenvalue weighted by Gasteiger charge is -2.19. The van der Waals surface area contributed by atoms with Crippen molar-refractivity contribution >= 4 is 0 Å². The average molecular weight is 237 g/mol. The molecular weight excluding hydrogens is 214 g/mol. The average Bonchev–Trinajstić information content (AvgIpc) is 2.35. The lowest BCUT2D eigenvalue weighted by atomic mass is 9.95. The fourth-order valence-electron chi connectivity index (χ4n) is 2.03. The van der Waals surface area contributed by atoms with Gasteiger partial charge in [-0.1, -0.05) is 26.0 Å². The van der Waals surface area contributed by atoms with Gasteiger partial charge in [0.05, 0.1) is 7.11 Å². The molecule has 0 saturated heterocycles. The van der Waals surface area contributed by atoms with E-state index in [9.17, 15) is 0 Å². The van der Waals surface area contributed by atoms with Crippen molar-refractivity contribution in [1.29, 1.82) is 0 Å². The third-order valence-electron chi connectivity index (χ3n) is 3.04. The first-order valence-electron chi connectivity index (χ1n) is 6.10. The minimum Gasteiger partial charge on any atom is -0.496 e. The summed E-state index contributed by atoms with van der Waals surface area (Å²) in [5.74, 6) is 1.36. The molecule has 1 unspecified atom stereocenters. The van der Waals surface area contributed by atoms with Gasteiger partial charge < -0.3 is 15.2 Å². The van der Waals surface area contributed by atoms with Crippen LogP contribution in [0.2, 0.25) is 0 Å². The van der Waals surface area contributed by atoms with Crippen molar-refractivity contribution in [3.63, 3.8) is 0 Å². The van der Waals surface area contributed by atoms with Crippen LogP contribution in [0, 0.1) is 0 Å². The lowest BCUT2D eigenvalue weighted by Crippen LogP contribution is -2.18. The summed E-state index contributed by atoms with van der Waals surface area (Å²) in [5, 5.41) is 12.3. The van der Waals surface area contributed by atoms with E-state index in [2.05, 4.69) is 31.3 Å². The molecule has 0 fully saturated rings. The zero-order valence-electron chi connectivity index (χ0n) is 11.2. The molecule has 1 aromatic carbocycles. The Morgan fingerprint density at radius 1 is 1.35 bits per heavy atom. The van der Waals surface area contributed by atoms with Crippen LogP contribution in [-0.4, -0.2) is 25.9 Å². The van der Waals surface area contributed by atoms with Gasteiger partial charge in [0, 0.05) is 12.6 Å². The Hall–Kier alpha value is -1.06. The predicted octanol–water partition coefficient (Wildman–Crippen LogP) is 2.46. The molecule has 96 valence electrons. The highest BCUT2D eigenvalue weighted by atomic mass is 16.5. The fourth-order valence-corrected chi connectivity index (χ4v) is 2.03. The Morgan fingerprint density at radius 2 is 2.06 bits per heavy atom. The second-order valence-corrected chi connectivity index (χ2v) is 4.51. The highest BCUT2D eigenvalue weighted by Gasteiger charge is 2.13. The molecule has 0 spiro atoms. The van der Waals surface area contributed by atoms with Crippen LogP contribution < -0.4 is 10.1 Å². The first-order valence-corrected chi connectivity index (χ1v) is 6.10. The fraction of sp³-hybridized carbons (Fsp3) is 0.571. The zero-order chi connectivity index (χ0) is 12.8. The van der Waals surface area contributed by atoms with E-state index >= 15 is 0 Å². The number of methoxy groups -OCH3 is 1. The molecule has 0 aliphatic rings. The number of nitrogens with one attached hydrogen (secondary N) is 1. The van der Waals surface area contributed by atoms with Crippen LogP contribution in [-0.2, 0) is 0 Å². The number of hydrogen-bond acceptors (Lipinski definition) is 3. The molecule has 1 atom stereocenters.